The van der Waals surface area contributed by atoms with Crippen LogP contribution in [0, 0.1) is 0 Å². The second kappa shape index (κ2) is 15.2. The zero-order valence-corrected chi connectivity index (χ0v) is 17.9. The molecule has 16 heteroatoms. The van der Waals surface area contributed by atoms with Gasteiger partial charge in [0, 0.05) is 52.4 Å². The summed E-state index contributed by atoms with van der Waals surface area (Å²) < 4.78 is 46.8. The number of nitrogens with zero attached hydrogens (tertiary/aromatic N) is 3. The molecule has 1 saturated heterocycles. The second-order valence-electron chi connectivity index (χ2n) is 5.72. The molecule has 13 nitrogen and oxygen atoms in total. The van der Waals surface area contributed by atoms with E-state index in [1.54, 1.807) is 4.90 Å². The first-order valence-electron chi connectivity index (χ1n) is 8.31. The first kappa shape index (κ1) is 25.3. The van der Waals surface area contributed by atoms with Gasteiger partial charge in [-0.1, -0.05) is 0 Å². The van der Waals surface area contributed by atoms with E-state index in [0.29, 0.717) is 52.4 Å². The van der Waals surface area contributed by atoms with E-state index in [1.807, 2.05) is 9.80 Å². The van der Waals surface area contributed by atoms with Crippen molar-refractivity contribution in [3.63, 3.8) is 0 Å². The van der Waals surface area contributed by atoms with Crippen molar-refractivity contribution >= 4 is 24.8 Å². The van der Waals surface area contributed by atoms with Gasteiger partial charge in [0.25, 0.3) is 0 Å². The molecule has 1 fully saturated rings. The van der Waals surface area contributed by atoms with Gasteiger partial charge in [0.05, 0.1) is 0 Å². The van der Waals surface area contributed by atoms with Crippen molar-refractivity contribution in [2.45, 2.75) is 0 Å². The highest BCUT2D eigenvalue weighted by molar-refractivity contribution is 7.32. The van der Waals surface area contributed by atoms with Crippen LogP contribution in [0.2, 0.25) is 0 Å². The SMILES string of the molecule is O=[PH](O)OCN1CCNCCN(CO[PH](=O)O)CCN(CO[PH](=O)O)CC1. The van der Waals surface area contributed by atoms with Crippen LogP contribution in [0.4, 0.5) is 0 Å². The summed E-state index contributed by atoms with van der Waals surface area (Å²) >= 11 is 0. The molecule has 0 radical (unpaired) electrons. The maximum absolute atomic E-state index is 10.9. The summed E-state index contributed by atoms with van der Waals surface area (Å²) in [5.41, 5.74) is 0. The van der Waals surface area contributed by atoms with E-state index in [1.165, 1.54) is 0 Å². The van der Waals surface area contributed by atoms with Crippen LogP contribution in [0.5, 0.6) is 0 Å². The van der Waals surface area contributed by atoms with Crippen LogP contribution in [0.1, 0.15) is 0 Å². The molecule has 0 aromatic rings. The summed E-state index contributed by atoms with van der Waals surface area (Å²) in [7, 11) is -9.12. The molecule has 27 heavy (non-hydrogen) atoms. The molecule has 0 amide bonds. The predicted molar refractivity (Wildman–Crippen MR) is 99.1 cm³/mol. The average molecular weight is 454 g/mol. The van der Waals surface area contributed by atoms with Gasteiger partial charge < -0.3 is 20.0 Å². The van der Waals surface area contributed by atoms with Crippen molar-refractivity contribution in [3.05, 3.63) is 0 Å². The Morgan fingerprint density at radius 1 is 0.630 bits per heavy atom. The van der Waals surface area contributed by atoms with Gasteiger partial charge in [-0.05, 0) is 0 Å². The van der Waals surface area contributed by atoms with Gasteiger partial charge in [-0.25, -0.2) is 0 Å². The molecule has 162 valence electrons. The predicted octanol–water partition coefficient (Wildman–Crippen LogP) is -1.44. The number of rotatable bonds is 9. The fourth-order valence-corrected chi connectivity index (χ4v) is 3.21. The van der Waals surface area contributed by atoms with E-state index in [-0.39, 0.29) is 20.2 Å². The Bertz CT molecular complexity index is 458. The quantitative estimate of drug-likeness (QED) is 0.300. The highest BCUT2D eigenvalue weighted by Gasteiger charge is 2.15. The lowest BCUT2D eigenvalue weighted by Crippen LogP contribution is -2.45. The summed E-state index contributed by atoms with van der Waals surface area (Å²) in [4.78, 5) is 32.1. The molecule has 0 aromatic carbocycles. The summed E-state index contributed by atoms with van der Waals surface area (Å²) in [6.45, 7) is 4.25. The van der Waals surface area contributed by atoms with E-state index in [2.05, 4.69) is 5.32 Å². The molecule has 4 N–H and O–H groups in total. The molecule has 0 aliphatic carbocycles. The normalized spacial score (nSPS) is 23.2. The molecular formula is C11H29N4O9P3. The molecule has 3 atom stereocenters. The zero-order valence-electron chi connectivity index (χ0n) is 14.9. The highest BCUT2D eigenvalue weighted by Crippen LogP contribution is 2.17. The fraction of sp³-hybridized carbons (Fsp3) is 1.00. The molecule has 0 spiro atoms. The third-order valence-electron chi connectivity index (χ3n) is 3.79. The highest BCUT2D eigenvalue weighted by atomic mass is 31.1. The van der Waals surface area contributed by atoms with Crippen LogP contribution in [0.3, 0.4) is 0 Å². The minimum absolute atomic E-state index is 0.00597. The van der Waals surface area contributed by atoms with E-state index in [9.17, 15) is 13.7 Å². The van der Waals surface area contributed by atoms with E-state index in [4.69, 9.17) is 28.3 Å². The lowest BCUT2D eigenvalue weighted by Gasteiger charge is -2.30. The molecular weight excluding hydrogens is 425 g/mol. The van der Waals surface area contributed by atoms with Crippen molar-refractivity contribution in [3.8, 4) is 0 Å². The van der Waals surface area contributed by atoms with Crippen LogP contribution < -0.4 is 5.32 Å². The molecule has 1 heterocycles. The van der Waals surface area contributed by atoms with Crippen molar-refractivity contribution < 1.29 is 41.9 Å². The molecule has 1 rings (SSSR count). The first-order valence-corrected chi connectivity index (χ1v) is 12.1. The minimum Gasteiger partial charge on any atom is -0.326 e. The molecule has 1 aliphatic rings. The Morgan fingerprint density at radius 2 is 0.926 bits per heavy atom. The Labute approximate surface area is 160 Å². The zero-order chi connectivity index (χ0) is 20.1. The Hall–Kier alpha value is 0.290. The van der Waals surface area contributed by atoms with Gasteiger partial charge >= 0.3 is 24.8 Å². The van der Waals surface area contributed by atoms with Crippen LogP contribution in [0.25, 0.3) is 0 Å². The third-order valence-corrected chi connectivity index (χ3v) is 4.91. The summed E-state index contributed by atoms with van der Waals surface area (Å²) in [5.74, 6) is 0. The van der Waals surface area contributed by atoms with Crippen LogP contribution >= 0.6 is 24.8 Å². The number of hydrogen-bond donors (Lipinski definition) is 4. The van der Waals surface area contributed by atoms with Crippen molar-refractivity contribution in [2.75, 3.05) is 72.6 Å². The van der Waals surface area contributed by atoms with Crippen LogP contribution in [-0.4, -0.2) is 102 Å². The monoisotopic (exact) mass is 454 g/mol. The van der Waals surface area contributed by atoms with Gasteiger partial charge in [-0.2, -0.15) is 0 Å². The second-order valence-corrected chi connectivity index (χ2v) is 8.18. The molecule has 0 bridgehead atoms. The van der Waals surface area contributed by atoms with Crippen molar-refractivity contribution in [2.24, 2.45) is 0 Å². The minimum atomic E-state index is -3.07. The Morgan fingerprint density at radius 3 is 1.22 bits per heavy atom. The topological polar surface area (TPSA) is 161 Å². The van der Waals surface area contributed by atoms with Crippen molar-refractivity contribution in [1.82, 2.24) is 20.0 Å². The van der Waals surface area contributed by atoms with E-state index in [0.717, 1.165) is 0 Å². The number of hydrogen-bond acceptors (Lipinski definition) is 10. The standard InChI is InChI=1S/C11H29N4O9P3/c16-25(17)22-9-13-3-1-12-2-4-14(10-23-26(18)19)6-8-15(7-5-13)11-24-27(20)21/h12,25-27H,1-11H2,(H,16,17)(H,18,19)(H,20,21). The average Bonchev–Trinajstić information content (AvgIpc) is 2.59. The van der Waals surface area contributed by atoms with Gasteiger partial charge in [-0.3, -0.25) is 42.0 Å². The van der Waals surface area contributed by atoms with Gasteiger partial charge in [0.2, 0.25) is 0 Å². The maximum Gasteiger partial charge on any atom is 0.317 e. The summed E-state index contributed by atoms with van der Waals surface area (Å²) in [6, 6.07) is 0. The van der Waals surface area contributed by atoms with Gasteiger partial charge in [0.15, 0.2) is 0 Å². The molecule has 0 aromatic heterocycles. The maximum atomic E-state index is 10.9. The van der Waals surface area contributed by atoms with E-state index >= 15 is 0 Å². The third kappa shape index (κ3) is 14.0. The van der Waals surface area contributed by atoms with Gasteiger partial charge in [-0.15, -0.1) is 0 Å². The van der Waals surface area contributed by atoms with Crippen molar-refractivity contribution in [1.29, 1.82) is 0 Å². The molecule has 0 saturated carbocycles. The first-order chi connectivity index (χ1) is 12.9. The van der Waals surface area contributed by atoms with E-state index < -0.39 is 24.8 Å². The molecule has 3 unspecified atom stereocenters. The van der Waals surface area contributed by atoms with Crippen LogP contribution in [0.15, 0.2) is 0 Å². The fourth-order valence-electron chi connectivity index (χ4n) is 2.33. The lowest BCUT2D eigenvalue weighted by molar-refractivity contribution is 0.0568. The largest absolute Gasteiger partial charge is 0.326 e. The Balaban J connectivity index is 2.64. The smallest absolute Gasteiger partial charge is 0.317 e. The molecule has 1 aliphatic heterocycles. The van der Waals surface area contributed by atoms with Crippen LogP contribution in [-0.2, 0) is 27.3 Å². The number of nitrogens with one attached hydrogen (secondary N) is 1. The lowest BCUT2D eigenvalue weighted by atomic mass is 10.4. The summed E-state index contributed by atoms with van der Waals surface area (Å²) in [5, 5.41) is 3.22. The summed E-state index contributed by atoms with van der Waals surface area (Å²) in [6.07, 6.45) is 0. The Kier molecular flexibility index (Phi) is 14.2. The van der Waals surface area contributed by atoms with Gasteiger partial charge in [0.1, 0.15) is 20.2 Å².